The van der Waals surface area contributed by atoms with Gasteiger partial charge in [0.05, 0.1) is 18.6 Å². The molecule has 5 rings (SSSR count). The van der Waals surface area contributed by atoms with Crippen molar-refractivity contribution in [3.05, 3.63) is 11.6 Å². The van der Waals surface area contributed by atoms with E-state index < -0.39 is 0 Å². The lowest BCUT2D eigenvalue weighted by molar-refractivity contribution is -0.129. The summed E-state index contributed by atoms with van der Waals surface area (Å²) in [6.45, 7) is 11.0. The van der Waals surface area contributed by atoms with Crippen LogP contribution in [-0.2, 0) is 18.9 Å². The molecule has 180 valence electrons. The van der Waals surface area contributed by atoms with E-state index in [1.807, 2.05) is 4.90 Å². The zero-order valence-corrected chi connectivity index (χ0v) is 20.4. The topological polar surface area (TPSA) is 67.1 Å². The van der Waals surface area contributed by atoms with Gasteiger partial charge in [-0.05, 0) is 73.0 Å². The molecule has 0 bridgehead atoms. The third-order valence-electron chi connectivity index (χ3n) is 8.85. The van der Waals surface area contributed by atoms with Gasteiger partial charge in [-0.2, -0.15) is 0 Å². The Morgan fingerprint density at radius 3 is 2.47 bits per heavy atom. The van der Waals surface area contributed by atoms with Gasteiger partial charge in [0.25, 0.3) is 0 Å². The van der Waals surface area contributed by atoms with E-state index in [0.29, 0.717) is 5.41 Å². The van der Waals surface area contributed by atoms with Gasteiger partial charge < -0.3 is 28.7 Å². The lowest BCUT2D eigenvalue weighted by atomic mass is 9.68. The second-order valence-electron chi connectivity index (χ2n) is 11.5. The maximum absolute atomic E-state index is 13.0. The van der Waals surface area contributed by atoms with Crippen LogP contribution >= 0.6 is 0 Å². The molecule has 2 spiro atoms. The van der Waals surface area contributed by atoms with E-state index in [1.165, 1.54) is 18.4 Å². The number of ether oxygens (including phenoxy) is 4. The van der Waals surface area contributed by atoms with E-state index in [4.69, 9.17) is 18.9 Å². The highest BCUT2D eigenvalue weighted by Crippen LogP contribution is 2.59. The van der Waals surface area contributed by atoms with E-state index in [-0.39, 0.29) is 41.5 Å². The van der Waals surface area contributed by atoms with Crippen LogP contribution < -0.4 is 0 Å². The summed E-state index contributed by atoms with van der Waals surface area (Å²) in [6.07, 6.45) is 6.65. The molecule has 0 N–H and O–H groups in total. The average Bonchev–Trinajstić information content (AvgIpc) is 3.64. The molecule has 5 aliphatic rings. The third kappa shape index (κ3) is 3.89. The highest BCUT2D eigenvalue weighted by molar-refractivity contribution is 5.69. The zero-order chi connectivity index (χ0) is 22.7. The van der Waals surface area contributed by atoms with Crippen LogP contribution in [0.5, 0.6) is 0 Å². The van der Waals surface area contributed by atoms with Gasteiger partial charge in [-0.15, -0.1) is 0 Å². The summed E-state index contributed by atoms with van der Waals surface area (Å²) >= 11 is 0. The number of rotatable bonds is 5. The van der Waals surface area contributed by atoms with Crippen molar-refractivity contribution in [1.29, 1.82) is 0 Å². The number of amides is 1. The van der Waals surface area contributed by atoms with Crippen LogP contribution in [0.25, 0.3) is 0 Å². The summed E-state index contributed by atoms with van der Waals surface area (Å²) in [5.41, 5.74) is 1.12. The van der Waals surface area contributed by atoms with Crippen LogP contribution in [-0.4, -0.2) is 92.4 Å². The Labute approximate surface area is 192 Å². The molecule has 1 aliphatic carbocycles. The molecule has 0 aromatic rings. The molecule has 0 aromatic carbocycles. The summed E-state index contributed by atoms with van der Waals surface area (Å²) in [5.74, 6) is 0.0683. The molecule has 1 amide bonds. The van der Waals surface area contributed by atoms with E-state index in [2.05, 4.69) is 38.8 Å². The van der Waals surface area contributed by atoms with Crippen LogP contribution in [0.2, 0.25) is 0 Å². The maximum atomic E-state index is 13.0. The standard InChI is InChI=1S/C25H40N2O5/c1-17(2)6-7-19-23(3,32-19)21-20(29-5)18(8-9-25(21)16-30-25)31-22(28)27-14-24(15-27)10-12-26(4)13-11-24/h6,18-21H,7-16H2,1-5H3/t18?,19-,20?,21?,23+,25?/m1/s1. The van der Waals surface area contributed by atoms with Crippen molar-refractivity contribution in [2.75, 3.05) is 46.9 Å². The van der Waals surface area contributed by atoms with E-state index >= 15 is 0 Å². The molecule has 1 saturated carbocycles. The van der Waals surface area contributed by atoms with Crippen molar-refractivity contribution < 1.29 is 23.7 Å². The Morgan fingerprint density at radius 1 is 1.19 bits per heavy atom. The molecule has 0 radical (unpaired) electrons. The van der Waals surface area contributed by atoms with E-state index in [1.54, 1.807) is 7.11 Å². The minimum atomic E-state index is -0.302. The van der Waals surface area contributed by atoms with Gasteiger partial charge in [-0.25, -0.2) is 4.79 Å². The number of hydrogen-bond donors (Lipinski definition) is 0. The fourth-order valence-corrected chi connectivity index (χ4v) is 6.58. The zero-order valence-electron chi connectivity index (χ0n) is 20.4. The Balaban J connectivity index is 1.23. The number of nitrogens with zero attached hydrogens (tertiary/aromatic N) is 2. The number of epoxide rings is 2. The smallest absolute Gasteiger partial charge is 0.410 e. The number of hydrogen-bond acceptors (Lipinski definition) is 6. The van der Waals surface area contributed by atoms with Gasteiger partial charge in [0.1, 0.15) is 23.4 Å². The van der Waals surface area contributed by atoms with Crippen LogP contribution in [0.4, 0.5) is 4.79 Å². The van der Waals surface area contributed by atoms with Crippen molar-refractivity contribution in [2.24, 2.45) is 11.3 Å². The summed E-state index contributed by atoms with van der Waals surface area (Å²) in [5, 5.41) is 0. The second kappa shape index (κ2) is 7.97. The summed E-state index contributed by atoms with van der Waals surface area (Å²) in [7, 11) is 3.90. The molecule has 6 atom stereocenters. The third-order valence-corrected chi connectivity index (χ3v) is 8.85. The number of methoxy groups -OCH3 is 1. The highest BCUT2D eigenvalue weighted by atomic mass is 16.6. The molecule has 7 heteroatoms. The first-order chi connectivity index (χ1) is 15.2. The number of allylic oxidation sites excluding steroid dienone is 1. The lowest BCUT2D eigenvalue weighted by Crippen LogP contribution is -2.63. The Morgan fingerprint density at radius 2 is 1.88 bits per heavy atom. The van der Waals surface area contributed by atoms with Crippen LogP contribution in [0.3, 0.4) is 0 Å². The van der Waals surface area contributed by atoms with Crippen molar-refractivity contribution >= 4 is 6.09 Å². The molecular weight excluding hydrogens is 408 g/mol. The van der Waals surface area contributed by atoms with Gasteiger partial charge in [0, 0.05) is 25.6 Å². The van der Waals surface area contributed by atoms with Gasteiger partial charge in [0.15, 0.2) is 0 Å². The summed E-state index contributed by atoms with van der Waals surface area (Å²) in [6, 6.07) is 0. The first-order valence-corrected chi connectivity index (χ1v) is 12.3. The molecular formula is C25H40N2O5. The average molecular weight is 449 g/mol. The van der Waals surface area contributed by atoms with Gasteiger partial charge in [-0.3, -0.25) is 0 Å². The van der Waals surface area contributed by atoms with Gasteiger partial charge in [0.2, 0.25) is 0 Å². The monoisotopic (exact) mass is 448 g/mol. The molecule has 5 fully saturated rings. The highest BCUT2D eigenvalue weighted by Gasteiger charge is 2.72. The van der Waals surface area contributed by atoms with Gasteiger partial charge >= 0.3 is 6.09 Å². The molecule has 4 unspecified atom stereocenters. The number of carbonyl (C=O) groups is 1. The minimum Gasteiger partial charge on any atom is -0.443 e. The lowest BCUT2D eigenvalue weighted by Gasteiger charge is -2.53. The van der Waals surface area contributed by atoms with Crippen molar-refractivity contribution in [1.82, 2.24) is 9.80 Å². The Hall–Kier alpha value is -1.15. The molecule has 4 heterocycles. The quantitative estimate of drug-likeness (QED) is 0.475. The van der Waals surface area contributed by atoms with Gasteiger partial charge in [-0.1, -0.05) is 11.6 Å². The predicted molar refractivity (Wildman–Crippen MR) is 121 cm³/mol. The van der Waals surface area contributed by atoms with E-state index in [9.17, 15) is 4.79 Å². The largest absolute Gasteiger partial charge is 0.443 e. The Bertz CT molecular complexity index is 760. The fourth-order valence-electron chi connectivity index (χ4n) is 6.58. The number of carbonyl (C=O) groups excluding carboxylic acids is 1. The van der Waals surface area contributed by atoms with E-state index in [0.717, 1.165) is 52.0 Å². The van der Waals surface area contributed by atoms with Crippen LogP contribution in [0, 0.1) is 11.3 Å². The molecule has 0 aromatic heterocycles. The van der Waals surface area contributed by atoms with Crippen molar-refractivity contribution in [2.45, 2.75) is 82.4 Å². The molecule has 7 nitrogen and oxygen atoms in total. The Kier molecular flexibility index (Phi) is 5.63. The predicted octanol–water partition coefficient (Wildman–Crippen LogP) is 3.23. The molecule has 4 saturated heterocycles. The summed E-state index contributed by atoms with van der Waals surface area (Å²) in [4.78, 5) is 17.3. The molecule has 4 aliphatic heterocycles. The minimum absolute atomic E-state index is 0.0683. The van der Waals surface area contributed by atoms with Crippen molar-refractivity contribution in [3.63, 3.8) is 0 Å². The molecule has 32 heavy (non-hydrogen) atoms. The normalized spacial score (nSPS) is 42.5. The van der Waals surface area contributed by atoms with Crippen LogP contribution in [0.1, 0.15) is 52.9 Å². The SMILES string of the molecule is COC1C(OC(=O)N2CC3(CCN(C)CC3)C2)CCC2(CO2)C1[C@@]1(C)O[C@@H]1CC=C(C)C. The number of piperidine rings is 1. The summed E-state index contributed by atoms with van der Waals surface area (Å²) < 4.78 is 24.4. The number of likely N-dealkylation sites (tertiary alicyclic amines) is 2. The fraction of sp³-hybridized carbons (Fsp3) is 0.880. The maximum Gasteiger partial charge on any atom is 0.410 e. The second-order valence-corrected chi connectivity index (χ2v) is 11.5. The van der Waals surface area contributed by atoms with Crippen LogP contribution in [0.15, 0.2) is 11.6 Å². The first kappa shape index (κ1) is 22.6. The van der Waals surface area contributed by atoms with Crippen molar-refractivity contribution in [3.8, 4) is 0 Å². The first-order valence-electron chi connectivity index (χ1n) is 12.3.